The normalized spacial score (nSPS) is 18.5. The first kappa shape index (κ1) is 8.94. The van der Waals surface area contributed by atoms with Crippen LogP contribution in [0, 0.1) is 34.6 Å². The summed E-state index contributed by atoms with van der Waals surface area (Å²) in [4.78, 5) is 0. The van der Waals surface area contributed by atoms with Crippen LogP contribution in [0.25, 0.3) is 0 Å². The summed E-state index contributed by atoms with van der Waals surface area (Å²) in [6.45, 7) is 7.54. The van der Waals surface area contributed by atoms with Crippen LogP contribution < -0.4 is 0 Å². The number of hydrogen-bond acceptors (Lipinski definition) is 0. The highest BCUT2D eigenvalue weighted by atomic mass is 14.4. The average Bonchev–Trinajstić information content (AvgIpc) is 3.00. The Hall–Kier alpha value is -3.12. The maximum Gasteiger partial charge on any atom is 0.0709 e. The lowest BCUT2D eigenvalue weighted by Crippen LogP contribution is -2.34. The van der Waals surface area contributed by atoms with Gasteiger partial charge in [0, 0.05) is 0 Å². The van der Waals surface area contributed by atoms with Gasteiger partial charge >= 0.3 is 0 Å². The van der Waals surface area contributed by atoms with Crippen molar-refractivity contribution in [2.24, 2.45) is 0 Å². The van der Waals surface area contributed by atoms with E-state index in [1.165, 1.54) is 27.7 Å². The van der Waals surface area contributed by atoms with Crippen LogP contribution in [0.4, 0.5) is 0 Å². The van der Waals surface area contributed by atoms with Crippen LogP contribution in [-0.4, -0.2) is 0 Å². The molecule has 0 radical (unpaired) electrons. The van der Waals surface area contributed by atoms with Crippen molar-refractivity contribution in [3.05, 3.63) is 141 Å². The minimum atomic E-state index is -2.50. The van der Waals surface area contributed by atoms with E-state index in [9.17, 15) is 1.37 Å². The fraction of sp³-hybridized carbons (Fsp3) is 0.200. The molecule has 0 aliphatic rings. The van der Waals surface area contributed by atoms with Crippen molar-refractivity contribution in [1.82, 2.24) is 0 Å². The van der Waals surface area contributed by atoms with Gasteiger partial charge in [-0.15, -0.1) is 0 Å². The lowest BCUT2D eigenvalue weighted by molar-refractivity contribution is 0.722. The highest BCUT2D eigenvalue weighted by Gasteiger charge is 2.41. The van der Waals surface area contributed by atoms with Gasteiger partial charge in [-0.25, -0.2) is 0 Å². The number of hydrogen-bond donors (Lipinski definition) is 0. The molecular formula is C30H30. The summed E-state index contributed by atoms with van der Waals surface area (Å²) in [5, 5.41) is 0. The second kappa shape index (κ2) is 7.95. The molecule has 4 aromatic carbocycles. The Morgan fingerprint density at radius 1 is 0.500 bits per heavy atom. The first-order valence-electron chi connectivity index (χ1n) is 17.0. The van der Waals surface area contributed by atoms with E-state index < -0.39 is 89.1 Å². The zero-order chi connectivity index (χ0) is 34.4. The Morgan fingerprint density at radius 2 is 1.00 bits per heavy atom. The Labute approximate surface area is 202 Å². The van der Waals surface area contributed by atoms with Crippen molar-refractivity contribution in [2.45, 2.75) is 40.0 Å². The average molecular weight is 406 g/mol. The van der Waals surface area contributed by atoms with E-state index in [0.29, 0.717) is 0 Å². The highest BCUT2D eigenvalue weighted by molar-refractivity contribution is 5.66. The van der Waals surface area contributed by atoms with Crippen molar-refractivity contribution < 1.29 is 20.6 Å². The molecule has 0 saturated heterocycles. The molecule has 30 heavy (non-hydrogen) atoms. The molecule has 0 bridgehead atoms. The monoisotopic (exact) mass is 405 g/mol. The van der Waals surface area contributed by atoms with Crippen LogP contribution in [0.5, 0.6) is 0 Å². The minimum Gasteiger partial charge on any atom is -0.0622 e. The smallest absolute Gasteiger partial charge is 0.0622 e. The summed E-state index contributed by atoms with van der Waals surface area (Å²) in [5.74, 6) is 0. The molecule has 4 aromatic rings. The van der Waals surface area contributed by atoms with Crippen LogP contribution in [0.15, 0.2) is 90.6 Å². The Bertz CT molecular complexity index is 1560. The van der Waals surface area contributed by atoms with Gasteiger partial charge < -0.3 is 0 Å². The zero-order valence-electron chi connectivity index (χ0n) is 32.5. The highest BCUT2D eigenvalue weighted by Crippen LogP contribution is 2.49. The molecule has 150 valence electrons. The molecule has 0 saturated carbocycles. The van der Waals surface area contributed by atoms with E-state index in [2.05, 4.69) is 0 Å². The molecule has 0 N–H and O–H groups in total. The first-order chi connectivity index (χ1) is 20.7. The van der Waals surface area contributed by atoms with Gasteiger partial charge in [0.2, 0.25) is 0 Å². The van der Waals surface area contributed by atoms with Gasteiger partial charge in [-0.1, -0.05) is 90.6 Å². The first-order valence-corrected chi connectivity index (χ1v) is 9.50. The van der Waals surface area contributed by atoms with Crippen molar-refractivity contribution >= 4 is 0 Å². The van der Waals surface area contributed by atoms with Gasteiger partial charge in [0.15, 0.2) is 0 Å². The third-order valence-electron chi connectivity index (χ3n) is 5.62. The van der Waals surface area contributed by atoms with Gasteiger partial charge in [-0.2, -0.15) is 0 Å². The lowest BCUT2D eigenvalue weighted by atomic mass is 9.61. The summed E-state index contributed by atoms with van der Waals surface area (Å²) in [7, 11) is 0. The number of benzene rings is 4. The molecule has 0 heteroatoms. The second-order valence-corrected chi connectivity index (χ2v) is 7.25. The quantitative estimate of drug-likeness (QED) is 0.306. The molecule has 0 atom stereocenters. The summed E-state index contributed by atoms with van der Waals surface area (Å²) in [6.07, 6.45) is 0. The lowest BCUT2D eigenvalue weighted by Gasteiger charge is -2.40. The summed E-state index contributed by atoms with van der Waals surface area (Å²) < 4.78 is 132. The van der Waals surface area contributed by atoms with Crippen molar-refractivity contribution in [3.8, 4) is 0 Å². The van der Waals surface area contributed by atoms with Crippen LogP contribution in [-0.2, 0) is 5.41 Å². The van der Waals surface area contributed by atoms with E-state index in [4.69, 9.17) is 19.2 Å². The van der Waals surface area contributed by atoms with E-state index in [0.717, 1.165) is 0 Å². The van der Waals surface area contributed by atoms with Gasteiger partial charge in [-0.05, 0) is 84.7 Å². The topological polar surface area (TPSA) is 0 Å². The molecule has 0 unspecified atom stereocenters. The fourth-order valence-electron chi connectivity index (χ4n) is 3.94. The van der Waals surface area contributed by atoms with Crippen molar-refractivity contribution in [3.63, 3.8) is 0 Å². The Balaban J connectivity index is 2.69. The SMILES string of the molecule is [2H]c1c([2H])c([2H])c(C(c2c([2H])c([2H])c([2H])c([2H])c2[2H])(c2c([2H])c([2H])c([2H])c(C)c2C)c2c(C)c([2H])c([2H])c(C)c2C)c([2H])c1[2H]. The molecular weight excluding hydrogens is 360 g/mol. The molecule has 0 aliphatic heterocycles. The second-order valence-electron chi connectivity index (χ2n) is 7.25. The van der Waals surface area contributed by atoms with Gasteiger partial charge in [0.25, 0.3) is 0 Å². The van der Waals surface area contributed by atoms with Crippen molar-refractivity contribution in [2.75, 3.05) is 0 Å². The molecule has 0 aromatic heterocycles. The van der Waals surface area contributed by atoms with Gasteiger partial charge in [0.05, 0.1) is 26.0 Å². The van der Waals surface area contributed by atoms with E-state index >= 15 is 0 Å². The van der Waals surface area contributed by atoms with E-state index in [1.54, 1.807) is 6.92 Å². The predicted octanol–water partition coefficient (Wildman–Crippen LogP) is 7.61. The van der Waals surface area contributed by atoms with Crippen LogP contribution >= 0.6 is 0 Å². The van der Waals surface area contributed by atoms with E-state index in [-0.39, 0.29) is 57.1 Å². The molecule has 0 fully saturated rings. The van der Waals surface area contributed by atoms with Crippen LogP contribution in [0.3, 0.4) is 0 Å². The molecule has 0 heterocycles. The molecule has 0 spiro atoms. The Kier molecular flexibility index (Phi) is 2.37. The molecule has 0 aliphatic carbocycles. The third-order valence-corrected chi connectivity index (χ3v) is 5.62. The van der Waals surface area contributed by atoms with Crippen LogP contribution in [0.1, 0.15) is 70.6 Å². The van der Waals surface area contributed by atoms with Gasteiger partial charge in [-0.3, -0.25) is 0 Å². The zero-order valence-corrected chi connectivity index (χ0v) is 17.5. The maximum absolute atomic E-state index is 9.25. The van der Waals surface area contributed by atoms with Crippen molar-refractivity contribution in [1.29, 1.82) is 0 Å². The summed E-state index contributed by atoms with van der Waals surface area (Å²) in [5.41, 5.74) is -2.99. The molecule has 4 rings (SSSR count). The maximum atomic E-state index is 9.25. The molecule has 0 nitrogen and oxygen atoms in total. The summed E-state index contributed by atoms with van der Waals surface area (Å²) >= 11 is 0. The summed E-state index contributed by atoms with van der Waals surface area (Å²) in [6, 6.07) is -9.84. The predicted molar refractivity (Wildman–Crippen MR) is 128 cm³/mol. The molecule has 0 amide bonds. The van der Waals surface area contributed by atoms with Crippen LogP contribution in [0.2, 0.25) is 0 Å². The third kappa shape index (κ3) is 3.08. The standard InChI is InChI=1S/C30H30/c1-21-13-12-18-28(24(21)4)30(26-14-8-6-9-15-26,27-16-10-7-11-17-27)29-23(3)20-19-22(2)25(29)5/h6-20H,1-5H3/i6D,7D,8D,9D,10D,11D,12D,13D,14D,15D,16D,17D,18D,19D,20D. The minimum absolute atomic E-state index is 0.0220. The van der Waals surface area contributed by atoms with E-state index in [1.807, 2.05) is 0 Å². The number of rotatable bonds is 4. The Morgan fingerprint density at radius 3 is 1.57 bits per heavy atom. The largest absolute Gasteiger partial charge is 0.0709 e. The fourth-order valence-corrected chi connectivity index (χ4v) is 3.94. The van der Waals surface area contributed by atoms with Gasteiger partial charge in [0.1, 0.15) is 0 Å².